The van der Waals surface area contributed by atoms with Crippen LogP contribution in [0.15, 0.2) is 53.0 Å². The minimum atomic E-state index is -0.532. The molecule has 0 fully saturated rings. The average Bonchev–Trinajstić information content (AvgIpc) is 2.64. The van der Waals surface area contributed by atoms with Gasteiger partial charge in [-0.2, -0.15) is 0 Å². The van der Waals surface area contributed by atoms with Gasteiger partial charge in [0, 0.05) is 10.2 Å². The van der Waals surface area contributed by atoms with Crippen LogP contribution in [-0.2, 0) is 14.3 Å². The minimum absolute atomic E-state index is 0.0292. The number of anilines is 1. The highest BCUT2D eigenvalue weighted by atomic mass is 79.9. The van der Waals surface area contributed by atoms with E-state index in [-0.39, 0.29) is 25.2 Å². The topological polar surface area (TPSA) is 76.7 Å². The number of methoxy groups -OCH3 is 1. The van der Waals surface area contributed by atoms with E-state index in [0.29, 0.717) is 5.69 Å². The van der Waals surface area contributed by atoms with Crippen LogP contribution in [0.3, 0.4) is 0 Å². The van der Waals surface area contributed by atoms with Gasteiger partial charge in [0.05, 0.1) is 26.3 Å². The number of hydrogen-bond acceptors (Lipinski definition) is 5. The fourth-order valence-electron chi connectivity index (χ4n) is 2.47. The van der Waals surface area contributed by atoms with Gasteiger partial charge >= 0.3 is 12.1 Å². The van der Waals surface area contributed by atoms with Gasteiger partial charge in [0.25, 0.3) is 0 Å². The van der Waals surface area contributed by atoms with E-state index in [1.807, 2.05) is 42.5 Å². The van der Waals surface area contributed by atoms with Gasteiger partial charge in [0.15, 0.2) is 0 Å². The van der Waals surface area contributed by atoms with E-state index < -0.39 is 6.09 Å². The van der Waals surface area contributed by atoms with Gasteiger partial charge in [-0.05, 0) is 36.2 Å². The molecule has 7 heteroatoms. The Hall–Kier alpha value is -2.38. The van der Waals surface area contributed by atoms with Gasteiger partial charge < -0.3 is 9.47 Å². The lowest BCUT2D eigenvalue weighted by atomic mass is 9.97. The Labute approximate surface area is 161 Å². The molecule has 26 heavy (non-hydrogen) atoms. The summed E-state index contributed by atoms with van der Waals surface area (Å²) in [5.41, 5.74) is 2.34. The number of nitrogens with one attached hydrogen (secondary N) is 2. The molecule has 0 aromatic heterocycles. The Kier molecular flexibility index (Phi) is 7.62. The SMILES string of the molecule is CCOC(=O)Nc1ccc(Br)cc1[C@@H](NCC(=O)OC)c1ccccc1. The lowest BCUT2D eigenvalue weighted by Gasteiger charge is -2.22. The van der Waals surface area contributed by atoms with E-state index in [1.165, 1.54) is 7.11 Å². The fourth-order valence-corrected chi connectivity index (χ4v) is 2.85. The Morgan fingerprint density at radius 3 is 2.54 bits per heavy atom. The number of esters is 1. The molecule has 0 saturated heterocycles. The zero-order valence-electron chi connectivity index (χ0n) is 14.6. The van der Waals surface area contributed by atoms with Crippen LogP contribution in [0.25, 0.3) is 0 Å². The molecule has 1 amide bonds. The van der Waals surface area contributed by atoms with Crippen molar-refractivity contribution < 1.29 is 19.1 Å². The third kappa shape index (κ3) is 5.57. The maximum absolute atomic E-state index is 11.9. The number of carbonyl (C=O) groups is 2. The van der Waals surface area contributed by atoms with Crippen LogP contribution in [0, 0.1) is 0 Å². The molecule has 0 spiro atoms. The summed E-state index contributed by atoms with van der Waals surface area (Å²) in [5, 5.41) is 5.94. The monoisotopic (exact) mass is 420 g/mol. The van der Waals surface area contributed by atoms with Gasteiger partial charge in [0.2, 0.25) is 0 Å². The first-order valence-corrected chi connectivity index (χ1v) is 8.92. The van der Waals surface area contributed by atoms with Crippen LogP contribution < -0.4 is 10.6 Å². The summed E-state index contributed by atoms with van der Waals surface area (Å²) in [7, 11) is 1.34. The predicted octanol–water partition coefficient (Wildman–Crippen LogP) is 3.87. The Morgan fingerprint density at radius 2 is 1.88 bits per heavy atom. The summed E-state index contributed by atoms with van der Waals surface area (Å²) in [5.74, 6) is -0.374. The van der Waals surface area contributed by atoms with E-state index in [9.17, 15) is 9.59 Å². The molecule has 0 aliphatic heterocycles. The van der Waals surface area contributed by atoms with Gasteiger partial charge in [-0.3, -0.25) is 15.4 Å². The Bertz CT molecular complexity index is 752. The molecule has 0 saturated carbocycles. The summed E-state index contributed by atoms with van der Waals surface area (Å²) in [6.07, 6.45) is -0.532. The molecule has 2 N–H and O–H groups in total. The van der Waals surface area contributed by atoms with Crippen LogP contribution in [0.1, 0.15) is 24.1 Å². The summed E-state index contributed by atoms with van der Waals surface area (Å²) in [6.45, 7) is 2.05. The summed E-state index contributed by atoms with van der Waals surface area (Å²) < 4.78 is 10.5. The molecule has 0 aliphatic carbocycles. The third-order valence-corrected chi connectivity index (χ3v) is 4.14. The average molecular weight is 421 g/mol. The lowest BCUT2D eigenvalue weighted by molar-refractivity contribution is -0.139. The molecule has 0 bridgehead atoms. The second-order valence-corrected chi connectivity index (χ2v) is 6.29. The maximum Gasteiger partial charge on any atom is 0.411 e. The molecule has 2 rings (SSSR count). The van der Waals surface area contributed by atoms with Crippen molar-refractivity contribution in [3.05, 3.63) is 64.1 Å². The molecule has 0 aliphatic rings. The highest BCUT2D eigenvalue weighted by Crippen LogP contribution is 2.31. The van der Waals surface area contributed by atoms with Crippen LogP contribution >= 0.6 is 15.9 Å². The standard InChI is InChI=1S/C19H21BrN2O4/c1-3-26-19(24)22-16-10-9-14(20)11-15(16)18(21-12-17(23)25-2)13-7-5-4-6-8-13/h4-11,18,21H,3,12H2,1-2H3,(H,22,24)/t18-/m0/s1. The summed E-state index contributed by atoms with van der Waals surface area (Å²) in [4.78, 5) is 23.5. The number of amides is 1. The Balaban J connectivity index is 2.40. The highest BCUT2D eigenvalue weighted by molar-refractivity contribution is 9.10. The first-order chi connectivity index (χ1) is 12.5. The zero-order valence-corrected chi connectivity index (χ0v) is 16.2. The van der Waals surface area contributed by atoms with Gasteiger partial charge in [0.1, 0.15) is 0 Å². The van der Waals surface area contributed by atoms with Crippen molar-refractivity contribution in [2.75, 3.05) is 25.6 Å². The molecule has 0 unspecified atom stereocenters. The van der Waals surface area contributed by atoms with Crippen LogP contribution in [0.5, 0.6) is 0 Å². The van der Waals surface area contributed by atoms with Crippen molar-refractivity contribution in [2.45, 2.75) is 13.0 Å². The molecule has 2 aromatic rings. The molecule has 6 nitrogen and oxygen atoms in total. The van der Waals surface area contributed by atoms with Gasteiger partial charge in [-0.1, -0.05) is 46.3 Å². The molecular formula is C19H21BrN2O4. The highest BCUT2D eigenvalue weighted by Gasteiger charge is 2.20. The van der Waals surface area contributed by atoms with Gasteiger partial charge in [-0.25, -0.2) is 4.79 Å². The number of rotatable bonds is 7. The molecular weight excluding hydrogens is 400 g/mol. The quantitative estimate of drug-likeness (QED) is 0.664. The minimum Gasteiger partial charge on any atom is -0.468 e. The van der Waals surface area contributed by atoms with E-state index in [1.54, 1.807) is 13.0 Å². The van der Waals surface area contributed by atoms with Crippen molar-refractivity contribution >= 4 is 33.7 Å². The summed E-state index contributed by atoms with van der Waals surface area (Å²) in [6, 6.07) is 14.8. The second-order valence-electron chi connectivity index (χ2n) is 5.38. The van der Waals surface area contributed by atoms with Crippen molar-refractivity contribution in [3.8, 4) is 0 Å². The van der Waals surface area contributed by atoms with E-state index >= 15 is 0 Å². The lowest BCUT2D eigenvalue weighted by Crippen LogP contribution is -2.30. The molecule has 1 atom stereocenters. The molecule has 138 valence electrons. The van der Waals surface area contributed by atoms with E-state index in [2.05, 4.69) is 26.6 Å². The smallest absolute Gasteiger partial charge is 0.411 e. The number of ether oxygens (including phenoxy) is 2. The zero-order chi connectivity index (χ0) is 18.9. The summed E-state index contributed by atoms with van der Waals surface area (Å²) >= 11 is 3.46. The first kappa shape index (κ1) is 19.9. The molecule has 2 aromatic carbocycles. The maximum atomic E-state index is 11.9. The number of benzene rings is 2. The Morgan fingerprint density at radius 1 is 1.15 bits per heavy atom. The van der Waals surface area contributed by atoms with Crippen molar-refractivity contribution in [1.82, 2.24) is 5.32 Å². The van der Waals surface area contributed by atoms with Crippen molar-refractivity contribution in [1.29, 1.82) is 0 Å². The molecule has 0 heterocycles. The number of halogens is 1. The van der Waals surface area contributed by atoms with Crippen molar-refractivity contribution in [3.63, 3.8) is 0 Å². The largest absolute Gasteiger partial charge is 0.468 e. The fraction of sp³-hybridized carbons (Fsp3) is 0.263. The molecule has 0 radical (unpaired) electrons. The van der Waals surface area contributed by atoms with E-state index in [0.717, 1.165) is 15.6 Å². The number of hydrogen-bond donors (Lipinski definition) is 2. The van der Waals surface area contributed by atoms with Crippen molar-refractivity contribution in [2.24, 2.45) is 0 Å². The van der Waals surface area contributed by atoms with Gasteiger partial charge in [-0.15, -0.1) is 0 Å². The predicted molar refractivity (Wildman–Crippen MR) is 103 cm³/mol. The normalized spacial score (nSPS) is 11.5. The third-order valence-electron chi connectivity index (χ3n) is 3.65. The van der Waals surface area contributed by atoms with Crippen LogP contribution in [0.2, 0.25) is 0 Å². The second kappa shape index (κ2) is 9.94. The van der Waals surface area contributed by atoms with Crippen LogP contribution in [-0.4, -0.2) is 32.3 Å². The van der Waals surface area contributed by atoms with Crippen LogP contribution in [0.4, 0.5) is 10.5 Å². The van der Waals surface area contributed by atoms with E-state index in [4.69, 9.17) is 9.47 Å². The first-order valence-electron chi connectivity index (χ1n) is 8.13. The number of carbonyl (C=O) groups excluding carboxylic acids is 2.